The molecule has 9 heteroatoms. The Balaban J connectivity index is 2.04. The Bertz CT molecular complexity index is 496. The predicted molar refractivity (Wildman–Crippen MR) is 114 cm³/mol. The van der Waals surface area contributed by atoms with E-state index in [1.54, 1.807) is 0 Å². The summed E-state index contributed by atoms with van der Waals surface area (Å²) in [6, 6.07) is 0.868. The van der Waals surface area contributed by atoms with E-state index >= 15 is 0 Å². The topological polar surface area (TPSA) is 91.4 Å². The molecule has 1 rings (SSSR count). The molecule has 0 aliphatic carbocycles. The summed E-state index contributed by atoms with van der Waals surface area (Å²) in [7, 11) is -2.50. The fourth-order valence-corrected chi connectivity index (χ4v) is 6.16. The van der Waals surface area contributed by atoms with Crippen LogP contribution in [-0.2, 0) is 32.5 Å². The van der Waals surface area contributed by atoms with E-state index in [9.17, 15) is 14.4 Å². The molecule has 1 aliphatic heterocycles. The summed E-state index contributed by atoms with van der Waals surface area (Å²) < 4.78 is 17.6. The average molecular weight is 446 g/mol. The zero-order chi connectivity index (χ0) is 22.2. The van der Waals surface area contributed by atoms with Crippen LogP contribution in [0.1, 0.15) is 91.4 Å². The van der Waals surface area contributed by atoms with Crippen molar-refractivity contribution in [1.29, 1.82) is 0 Å². The first-order valence-corrected chi connectivity index (χ1v) is 13.4. The van der Waals surface area contributed by atoms with Gasteiger partial charge in [-0.3, -0.25) is 9.59 Å². The summed E-state index contributed by atoms with van der Waals surface area (Å²) in [5, 5.41) is 0.614. The number of amides is 2. The third-order valence-electron chi connectivity index (χ3n) is 4.91. The third kappa shape index (κ3) is 10.1. The van der Waals surface area contributed by atoms with Gasteiger partial charge >= 0.3 is 14.8 Å². The number of unbranched alkanes of at least 4 members (excludes halogenated alkanes) is 7. The number of nitrogens with zero attached hydrogens (tertiary/aromatic N) is 1. The highest BCUT2D eigenvalue weighted by molar-refractivity contribution is 6.60. The van der Waals surface area contributed by atoms with Crippen LogP contribution >= 0.6 is 0 Å². The Morgan fingerprint density at radius 2 is 1.20 bits per heavy atom. The van der Waals surface area contributed by atoms with Crippen molar-refractivity contribution in [2.75, 3.05) is 19.8 Å². The average Bonchev–Trinajstić information content (AvgIpc) is 3.02. The van der Waals surface area contributed by atoms with E-state index in [4.69, 9.17) is 18.1 Å². The van der Waals surface area contributed by atoms with Crippen LogP contribution in [0.5, 0.6) is 0 Å². The maximum Gasteiger partial charge on any atom is 0.500 e. The highest BCUT2D eigenvalue weighted by Gasteiger charge is 2.39. The van der Waals surface area contributed by atoms with Gasteiger partial charge in [0, 0.05) is 45.1 Å². The van der Waals surface area contributed by atoms with Crippen molar-refractivity contribution in [2.24, 2.45) is 0 Å². The highest BCUT2D eigenvalue weighted by atomic mass is 28.4. The van der Waals surface area contributed by atoms with Crippen molar-refractivity contribution < 1.29 is 32.5 Å². The Morgan fingerprint density at radius 3 is 1.67 bits per heavy atom. The normalized spacial score (nSPS) is 14.6. The Labute approximate surface area is 181 Å². The SMILES string of the molecule is CCO[Si](CCCCCCCCCCC(=O)ON1C(=O)CCC1=O)(OCC)OCC. The van der Waals surface area contributed by atoms with Crippen molar-refractivity contribution in [3.05, 3.63) is 0 Å². The van der Waals surface area contributed by atoms with Gasteiger partial charge in [-0.15, -0.1) is 5.06 Å². The fourth-order valence-electron chi connectivity index (χ4n) is 3.48. The number of hydrogen-bond acceptors (Lipinski definition) is 7. The molecule has 0 spiro atoms. The van der Waals surface area contributed by atoms with Gasteiger partial charge in [0.25, 0.3) is 11.8 Å². The minimum Gasteiger partial charge on any atom is -0.374 e. The van der Waals surface area contributed by atoms with Crippen LogP contribution in [0.2, 0.25) is 6.04 Å². The van der Waals surface area contributed by atoms with Gasteiger partial charge < -0.3 is 18.1 Å². The molecule has 1 saturated heterocycles. The van der Waals surface area contributed by atoms with Crippen molar-refractivity contribution in [2.45, 2.75) is 97.4 Å². The molecule has 0 aromatic heterocycles. The van der Waals surface area contributed by atoms with E-state index < -0.39 is 26.6 Å². The van der Waals surface area contributed by atoms with Crippen molar-refractivity contribution in [3.63, 3.8) is 0 Å². The number of imide groups is 1. The van der Waals surface area contributed by atoms with Crippen LogP contribution in [0.4, 0.5) is 0 Å². The Hall–Kier alpha value is -1.29. The van der Waals surface area contributed by atoms with E-state index in [0.717, 1.165) is 51.0 Å². The second kappa shape index (κ2) is 15.5. The molecule has 0 radical (unpaired) electrons. The minimum absolute atomic E-state index is 0.123. The summed E-state index contributed by atoms with van der Waals surface area (Å²) in [4.78, 5) is 39.4. The lowest BCUT2D eigenvalue weighted by Gasteiger charge is -2.28. The lowest BCUT2D eigenvalue weighted by atomic mass is 10.1. The summed E-state index contributed by atoms with van der Waals surface area (Å²) >= 11 is 0. The summed E-state index contributed by atoms with van der Waals surface area (Å²) in [6.45, 7) is 7.78. The predicted octanol–water partition coefficient (Wildman–Crippen LogP) is 4.15. The first-order valence-electron chi connectivity index (χ1n) is 11.5. The first kappa shape index (κ1) is 26.7. The van der Waals surface area contributed by atoms with E-state index in [-0.39, 0.29) is 19.3 Å². The molecule has 0 aromatic carbocycles. The monoisotopic (exact) mass is 445 g/mol. The lowest BCUT2D eigenvalue weighted by Crippen LogP contribution is -2.45. The molecular weight excluding hydrogens is 406 g/mol. The summed E-state index contributed by atoms with van der Waals surface area (Å²) in [5.41, 5.74) is 0. The fraction of sp³-hybridized carbons (Fsp3) is 0.857. The lowest BCUT2D eigenvalue weighted by molar-refractivity contribution is -0.197. The number of hydroxylamine groups is 2. The molecule has 0 atom stereocenters. The van der Waals surface area contributed by atoms with Gasteiger partial charge in [0.05, 0.1) is 0 Å². The smallest absolute Gasteiger partial charge is 0.374 e. The van der Waals surface area contributed by atoms with E-state index in [1.807, 2.05) is 20.8 Å². The number of carbonyl (C=O) groups excluding carboxylic acids is 3. The van der Waals surface area contributed by atoms with E-state index in [0.29, 0.717) is 31.3 Å². The van der Waals surface area contributed by atoms with Crippen LogP contribution in [0.3, 0.4) is 0 Å². The molecule has 1 heterocycles. The molecule has 8 nitrogen and oxygen atoms in total. The third-order valence-corrected chi connectivity index (χ3v) is 8.06. The molecule has 0 bridgehead atoms. The molecule has 0 aromatic rings. The van der Waals surface area contributed by atoms with Crippen LogP contribution in [0, 0.1) is 0 Å². The van der Waals surface area contributed by atoms with Crippen molar-refractivity contribution >= 4 is 26.6 Å². The molecular formula is C21H39NO7Si. The Kier molecular flexibility index (Phi) is 13.8. The van der Waals surface area contributed by atoms with Gasteiger partial charge in [0.1, 0.15) is 0 Å². The van der Waals surface area contributed by atoms with Crippen molar-refractivity contribution in [1.82, 2.24) is 5.06 Å². The molecule has 2 amide bonds. The minimum atomic E-state index is -2.50. The second-order valence-corrected chi connectivity index (χ2v) is 10.1. The molecule has 30 heavy (non-hydrogen) atoms. The molecule has 0 unspecified atom stereocenters. The number of rotatable bonds is 18. The zero-order valence-corrected chi connectivity index (χ0v) is 19.9. The van der Waals surface area contributed by atoms with Crippen LogP contribution < -0.4 is 0 Å². The van der Waals surface area contributed by atoms with Gasteiger partial charge in [-0.25, -0.2) is 4.79 Å². The highest BCUT2D eigenvalue weighted by Crippen LogP contribution is 2.21. The van der Waals surface area contributed by atoms with Crippen LogP contribution in [-0.4, -0.2) is 51.5 Å². The quantitative estimate of drug-likeness (QED) is 0.178. The van der Waals surface area contributed by atoms with Crippen LogP contribution in [0.25, 0.3) is 0 Å². The standard InChI is InChI=1S/C21H39NO7Si/c1-4-26-30(27-5-2,28-6-3)18-14-12-10-8-7-9-11-13-15-21(25)29-22-19(23)16-17-20(22)24/h4-18H2,1-3H3. The largest absolute Gasteiger partial charge is 0.500 e. The van der Waals surface area contributed by atoms with Gasteiger partial charge in [0.2, 0.25) is 0 Å². The first-order chi connectivity index (χ1) is 14.5. The number of hydrogen-bond donors (Lipinski definition) is 0. The zero-order valence-electron chi connectivity index (χ0n) is 18.9. The van der Waals surface area contributed by atoms with Gasteiger partial charge in [-0.1, -0.05) is 38.5 Å². The van der Waals surface area contributed by atoms with Gasteiger partial charge in [-0.05, 0) is 33.6 Å². The van der Waals surface area contributed by atoms with Crippen LogP contribution in [0.15, 0.2) is 0 Å². The molecule has 1 aliphatic rings. The van der Waals surface area contributed by atoms with Crippen molar-refractivity contribution in [3.8, 4) is 0 Å². The van der Waals surface area contributed by atoms with E-state index in [2.05, 4.69) is 0 Å². The summed E-state index contributed by atoms with van der Waals surface area (Å²) in [5.74, 6) is -1.38. The summed E-state index contributed by atoms with van der Waals surface area (Å²) in [6.07, 6.45) is 8.81. The second-order valence-electron chi connectivity index (χ2n) is 7.36. The molecule has 0 saturated carbocycles. The molecule has 1 fully saturated rings. The number of carbonyl (C=O) groups is 3. The van der Waals surface area contributed by atoms with E-state index in [1.165, 1.54) is 0 Å². The maximum absolute atomic E-state index is 11.7. The molecule has 0 N–H and O–H groups in total. The Morgan fingerprint density at radius 1 is 0.767 bits per heavy atom. The molecule has 174 valence electrons. The van der Waals surface area contributed by atoms with Gasteiger partial charge in [-0.2, -0.15) is 0 Å². The maximum atomic E-state index is 11.7. The van der Waals surface area contributed by atoms with Gasteiger partial charge in [0.15, 0.2) is 0 Å².